The number of nitrogens with zero attached hydrogens (tertiary/aromatic N) is 4. The van der Waals surface area contributed by atoms with Gasteiger partial charge in [0.25, 0.3) is 0 Å². The molecule has 6 rings (SSSR count). The van der Waals surface area contributed by atoms with Crippen LogP contribution in [0.3, 0.4) is 0 Å². The third-order valence-electron chi connectivity index (χ3n) is 15.1. The lowest BCUT2D eigenvalue weighted by atomic mass is 10.00. The number of hydrogen-bond donors (Lipinski definition) is 12. The van der Waals surface area contributed by atoms with Crippen LogP contribution in [0.15, 0.2) is 70.8 Å². The zero-order valence-corrected chi connectivity index (χ0v) is 47.2. The second kappa shape index (κ2) is 31.7. The molecule has 0 spiro atoms. The fourth-order valence-corrected chi connectivity index (χ4v) is 10.8. The molecule has 3 fully saturated rings. The van der Waals surface area contributed by atoms with Gasteiger partial charge in [0.05, 0.1) is 0 Å². The standard InChI is InChI=1S/C57H84N16O9/c1-35-48(75)69-43(24-15-29-64-57(60)61)54(81)72-30-16-25-46(72)52(79)62-27-13-6-4-3-5-10-22-42(50(77)71-45(32-37-18-8-7-9-19-37)55(82)73-31-17-26-47(73)53(80)66-35)68-51(78)44(33-38-34-65-40-21-12-11-20-39(38)40)70-49(76)41(67-36(2)74)23-14-28-63-56(58)59/h7-9,11-12,18-21,34-35,41-47,65H,3-6,10,13-17,22-33H2,1-2H3,(H,62,79)(H,66,80)(H,67,74)(H,68,78)(H,69,75)(H,70,76)(H,71,77)(H4,58,59,63)(H4,60,61,64)/t35-,41-,42-,43-,44-,45-,46-,47-/m0/s1. The highest BCUT2D eigenvalue weighted by atomic mass is 16.2. The predicted octanol–water partition coefficient (Wildman–Crippen LogP) is -0.149. The van der Waals surface area contributed by atoms with Gasteiger partial charge in [-0.15, -0.1) is 0 Å². The summed E-state index contributed by atoms with van der Waals surface area (Å²) >= 11 is 0. The van der Waals surface area contributed by atoms with E-state index in [0.29, 0.717) is 75.6 Å². The average Bonchev–Trinajstić information content (AvgIpc) is 4.44. The summed E-state index contributed by atoms with van der Waals surface area (Å²) in [5.74, 6) is -5.29. The molecule has 3 aliphatic heterocycles. The van der Waals surface area contributed by atoms with Gasteiger partial charge in [-0.05, 0) is 88.3 Å². The van der Waals surface area contributed by atoms with E-state index in [-0.39, 0.29) is 76.0 Å². The number of guanidine groups is 2. The molecule has 25 nitrogen and oxygen atoms in total. The minimum atomic E-state index is -1.26. The van der Waals surface area contributed by atoms with Crippen molar-refractivity contribution < 1.29 is 43.2 Å². The summed E-state index contributed by atoms with van der Waals surface area (Å²) in [7, 11) is 0. The van der Waals surface area contributed by atoms with E-state index in [2.05, 4.69) is 52.2 Å². The maximum absolute atomic E-state index is 15.0. The van der Waals surface area contributed by atoms with Gasteiger partial charge in [0, 0.05) is 69.6 Å². The van der Waals surface area contributed by atoms with Gasteiger partial charge in [-0.25, -0.2) is 0 Å². The molecule has 16 N–H and O–H groups in total. The molecule has 0 radical (unpaired) electrons. The van der Waals surface area contributed by atoms with E-state index in [0.717, 1.165) is 30.2 Å². The Kier molecular flexibility index (Phi) is 24.3. The van der Waals surface area contributed by atoms with Crippen molar-refractivity contribution in [1.82, 2.24) is 52.0 Å². The zero-order valence-electron chi connectivity index (χ0n) is 47.2. The molecule has 0 unspecified atom stereocenters. The van der Waals surface area contributed by atoms with E-state index in [1.165, 1.54) is 23.6 Å². The van der Waals surface area contributed by atoms with Crippen LogP contribution >= 0.6 is 0 Å². The summed E-state index contributed by atoms with van der Waals surface area (Å²) in [4.78, 5) is 141. The number of carbonyl (C=O) groups is 9. The first kappa shape index (κ1) is 62.9. The van der Waals surface area contributed by atoms with Crippen LogP contribution in [-0.2, 0) is 56.0 Å². The molecule has 25 heteroatoms. The highest BCUT2D eigenvalue weighted by molar-refractivity contribution is 5.99. The van der Waals surface area contributed by atoms with Crippen LogP contribution in [0, 0.1) is 0 Å². The number of aromatic amines is 1. The van der Waals surface area contributed by atoms with Gasteiger partial charge in [-0.1, -0.05) is 80.6 Å². The zero-order chi connectivity index (χ0) is 59.1. The van der Waals surface area contributed by atoms with Gasteiger partial charge in [0.1, 0.15) is 48.3 Å². The van der Waals surface area contributed by atoms with Gasteiger partial charge in [0.15, 0.2) is 11.9 Å². The van der Waals surface area contributed by atoms with Crippen LogP contribution in [0.5, 0.6) is 0 Å². The molecule has 82 heavy (non-hydrogen) atoms. The van der Waals surface area contributed by atoms with E-state index >= 15 is 0 Å². The van der Waals surface area contributed by atoms with Crippen LogP contribution in [0.25, 0.3) is 10.9 Å². The van der Waals surface area contributed by atoms with Gasteiger partial charge in [-0.2, -0.15) is 0 Å². The van der Waals surface area contributed by atoms with Crippen molar-refractivity contribution in [3.63, 3.8) is 0 Å². The second-order valence-corrected chi connectivity index (χ2v) is 21.5. The molecular formula is C57H84N16O9. The van der Waals surface area contributed by atoms with Crippen LogP contribution in [-0.4, -0.2) is 161 Å². The SMILES string of the molecule is CC(=O)N[C@@H](CCCN=C(N)N)C(=O)N[C@@H](Cc1c[nH]c2ccccc12)C(=O)N[C@H]1CCCCCCCCNC(=O)[C@@H]2CCCN2C(=O)[C@H](CCCN=C(N)N)NC(=O)[C@H](C)NC(=O)[C@@H]2CCCN2C(=O)[C@H](Cc2ccccc2)NC1=O. The average molecular weight is 1140 g/mol. The molecule has 9 amide bonds. The van der Waals surface area contributed by atoms with Crippen molar-refractivity contribution >= 4 is 76.0 Å². The fraction of sp³-hybridized carbons (Fsp3) is 0.561. The molecule has 3 aliphatic rings. The number of benzene rings is 2. The van der Waals surface area contributed by atoms with E-state index in [1.54, 1.807) is 18.3 Å². The number of carbonyl (C=O) groups excluding carboxylic acids is 9. The van der Waals surface area contributed by atoms with E-state index < -0.39 is 95.6 Å². The first-order chi connectivity index (χ1) is 39.4. The Hall–Kier alpha value is -8.25. The number of H-pyrrole nitrogens is 1. The third-order valence-corrected chi connectivity index (χ3v) is 15.1. The Morgan fingerprint density at radius 3 is 1.94 bits per heavy atom. The van der Waals surface area contributed by atoms with Crippen molar-refractivity contribution in [3.05, 3.63) is 71.9 Å². The van der Waals surface area contributed by atoms with Crippen LogP contribution in [0.4, 0.5) is 0 Å². The number of aliphatic imine (C=N–C) groups is 2. The number of hydrogen-bond acceptors (Lipinski definition) is 11. The highest BCUT2D eigenvalue weighted by Crippen LogP contribution is 2.24. The summed E-state index contributed by atoms with van der Waals surface area (Å²) in [5, 5.41) is 20.8. The largest absolute Gasteiger partial charge is 0.370 e. The lowest BCUT2D eigenvalue weighted by molar-refractivity contribution is -0.143. The summed E-state index contributed by atoms with van der Waals surface area (Å²) in [5.41, 5.74) is 24.3. The van der Waals surface area contributed by atoms with Crippen LogP contribution in [0.1, 0.15) is 121 Å². The number of nitrogens with two attached hydrogens (primary N) is 4. The Balaban J connectivity index is 1.28. The first-order valence-corrected chi connectivity index (χ1v) is 28.8. The smallest absolute Gasteiger partial charge is 0.246 e. The Morgan fingerprint density at radius 2 is 1.26 bits per heavy atom. The topological polar surface area (TPSA) is 389 Å². The summed E-state index contributed by atoms with van der Waals surface area (Å²) < 4.78 is 0. The van der Waals surface area contributed by atoms with Crippen molar-refractivity contribution in [2.24, 2.45) is 32.9 Å². The summed E-state index contributed by atoms with van der Waals surface area (Å²) in [6.07, 6.45) is 8.71. The number of aromatic nitrogens is 1. The number of rotatable bonds is 17. The lowest BCUT2D eigenvalue weighted by Gasteiger charge is -2.31. The van der Waals surface area contributed by atoms with Gasteiger partial charge in [0.2, 0.25) is 53.2 Å². The molecule has 446 valence electrons. The summed E-state index contributed by atoms with van der Waals surface area (Å²) in [6, 6.07) is 7.74. The van der Waals surface area contributed by atoms with E-state index in [9.17, 15) is 43.2 Å². The molecule has 2 aromatic carbocycles. The molecule has 0 saturated carbocycles. The third kappa shape index (κ3) is 18.9. The van der Waals surface area contributed by atoms with Crippen LogP contribution in [0.2, 0.25) is 0 Å². The Bertz CT molecular complexity index is 2750. The van der Waals surface area contributed by atoms with Crippen molar-refractivity contribution in [2.45, 2.75) is 171 Å². The summed E-state index contributed by atoms with van der Waals surface area (Å²) in [6.45, 7) is 3.98. The van der Waals surface area contributed by atoms with Gasteiger partial charge >= 0.3 is 0 Å². The van der Waals surface area contributed by atoms with Crippen molar-refractivity contribution in [3.8, 4) is 0 Å². The van der Waals surface area contributed by atoms with Crippen molar-refractivity contribution in [1.29, 1.82) is 0 Å². The molecule has 0 bridgehead atoms. The normalized spacial score (nSPS) is 22.7. The van der Waals surface area contributed by atoms with Gasteiger partial charge < -0.3 is 74.9 Å². The number of nitrogens with one attached hydrogen (secondary N) is 8. The maximum atomic E-state index is 15.0. The second-order valence-electron chi connectivity index (χ2n) is 21.5. The highest BCUT2D eigenvalue weighted by Gasteiger charge is 2.41. The van der Waals surface area contributed by atoms with E-state index in [1.807, 2.05) is 42.5 Å². The van der Waals surface area contributed by atoms with E-state index in [4.69, 9.17) is 22.9 Å². The fourth-order valence-electron chi connectivity index (χ4n) is 10.8. The maximum Gasteiger partial charge on any atom is 0.246 e. The minimum absolute atomic E-state index is 0.0106. The Labute approximate surface area is 478 Å². The molecule has 0 aliphatic carbocycles. The molecule has 8 atom stereocenters. The molecule has 3 saturated heterocycles. The van der Waals surface area contributed by atoms with Crippen molar-refractivity contribution in [2.75, 3.05) is 32.7 Å². The quantitative estimate of drug-likeness (QED) is 0.0476. The minimum Gasteiger partial charge on any atom is -0.370 e. The monoisotopic (exact) mass is 1140 g/mol. The van der Waals surface area contributed by atoms with Crippen LogP contribution < -0.4 is 60.2 Å². The number of amides is 9. The first-order valence-electron chi connectivity index (χ1n) is 28.8. The molecule has 4 heterocycles. The van der Waals surface area contributed by atoms with Gasteiger partial charge in [-0.3, -0.25) is 53.1 Å². The molecular weight excluding hydrogens is 1050 g/mol. The lowest BCUT2D eigenvalue weighted by Crippen LogP contribution is -2.60. The number of para-hydroxylation sites is 1. The molecule has 1 aromatic heterocycles. The predicted molar refractivity (Wildman–Crippen MR) is 310 cm³/mol. The Morgan fingerprint density at radius 1 is 0.646 bits per heavy atom. The molecule has 3 aromatic rings. The number of fused-ring (bicyclic) bond motifs is 3.